The van der Waals surface area contributed by atoms with E-state index >= 15 is 0 Å². The molecule has 2 unspecified atom stereocenters. The summed E-state index contributed by atoms with van der Waals surface area (Å²) in [4.78, 5) is 21.9. The van der Waals surface area contributed by atoms with Crippen LogP contribution in [0.3, 0.4) is 0 Å². The molecule has 5 nitrogen and oxygen atoms in total. The molecule has 0 radical (unpaired) electrons. The number of hydrogen-bond acceptors (Lipinski definition) is 4. The standard InChI is InChI=1S/2C14H26O2.H2O/c2*1-2-5-9-13(10-6-3-1)14-11-7-4-8-12-15-16-14;/h2*13-14H,1-12H2;1H2. The average Bonchev–Trinajstić information content (AvgIpc) is 2.69. The fourth-order valence-electron chi connectivity index (χ4n) is 6.08. The minimum Gasteiger partial charge on any atom is -0.412 e. The van der Waals surface area contributed by atoms with Crippen LogP contribution in [-0.2, 0) is 19.6 Å². The van der Waals surface area contributed by atoms with Gasteiger partial charge < -0.3 is 5.48 Å². The van der Waals surface area contributed by atoms with Gasteiger partial charge in [0, 0.05) is 0 Å². The predicted octanol–water partition coefficient (Wildman–Crippen LogP) is 7.65. The van der Waals surface area contributed by atoms with Gasteiger partial charge in [-0.15, -0.1) is 0 Å². The zero-order valence-electron chi connectivity index (χ0n) is 21.4. The molecule has 4 aliphatic rings. The van der Waals surface area contributed by atoms with Gasteiger partial charge in [0.25, 0.3) is 0 Å². The van der Waals surface area contributed by atoms with Crippen molar-refractivity contribution in [3.05, 3.63) is 0 Å². The fraction of sp³-hybridized carbons (Fsp3) is 1.00. The lowest BCUT2D eigenvalue weighted by Gasteiger charge is -2.29. The Balaban J connectivity index is 0.000000227. The van der Waals surface area contributed by atoms with Crippen LogP contribution in [0.5, 0.6) is 0 Å². The van der Waals surface area contributed by atoms with E-state index in [1.54, 1.807) is 0 Å². The van der Waals surface area contributed by atoms with Gasteiger partial charge in [-0.3, -0.25) is 0 Å². The molecular weight excluding hydrogens is 416 g/mol. The quantitative estimate of drug-likeness (QED) is 0.389. The third-order valence-electron chi connectivity index (χ3n) is 8.17. The lowest BCUT2D eigenvalue weighted by Crippen LogP contribution is -2.26. The van der Waals surface area contributed by atoms with Crippen molar-refractivity contribution >= 4 is 0 Å². The summed E-state index contributed by atoms with van der Waals surface area (Å²) in [5.41, 5.74) is 0. The molecule has 2 saturated heterocycles. The molecule has 33 heavy (non-hydrogen) atoms. The van der Waals surface area contributed by atoms with Crippen LogP contribution in [0.4, 0.5) is 0 Å². The Bertz CT molecular complexity index is 334. The summed E-state index contributed by atoms with van der Waals surface area (Å²) in [6, 6.07) is 0. The maximum absolute atomic E-state index is 5.62. The third-order valence-corrected chi connectivity index (χ3v) is 8.17. The first kappa shape index (κ1) is 29.0. The van der Waals surface area contributed by atoms with Gasteiger partial charge in [-0.2, -0.15) is 0 Å². The highest BCUT2D eigenvalue weighted by molar-refractivity contribution is 4.74. The van der Waals surface area contributed by atoms with Gasteiger partial charge in [0.05, 0.1) is 25.4 Å². The second-order valence-electron chi connectivity index (χ2n) is 10.8. The predicted molar refractivity (Wildman–Crippen MR) is 134 cm³/mol. The van der Waals surface area contributed by atoms with Crippen LogP contribution in [-0.4, -0.2) is 30.9 Å². The van der Waals surface area contributed by atoms with E-state index in [0.717, 1.165) is 37.9 Å². The minimum absolute atomic E-state index is 0. The molecule has 0 spiro atoms. The Morgan fingerprint density at radius 3 is 1.03 bits per heavy atom. The lowest BCUT2D eigenvalue weighted by molar-refractivity contribution is -0.339. The van der Waals surface area contributed by atoms with Gasteiger partial charge in [0.15, 0.2) is 0 Å². The third kappa shape index (κ3) is 12.4. The van der Waals surface area contributed by atoms with Gasteiger partial charge in [-0.05, 0) is 63.2 Å². The Morgan fingerprint density at radius 1 is 0.333 bits per heavy atom. The summed E-state index contributed by atoms with van der Waals surface area (Å²) in [5.74, 6) is 1.52. The smallest absolute Gasteiger partial charge is 0.0958 e. The SMILES string of the molecule is C1CCCC(C2CCCCCOO2)CCC1.C1CCCC(C2CCCCCOO2)CCC1.O. The summed E-state index contributed by atoms with van der Waals surface area (Å²) in [6.45, 7) is 1.59. The summed E-state index contributed by atoms with van der Waals surface area (Å²) in [6.07, 6.45) is 30.4. The molecule has 2 heterocycles. The Hall–Kier alpha value is -0.200. The monoisotopic (exact) mass is 470 g/mol. The van der Waals surface area contributed by atoms with Crippen LogP contribution in [0.2, 0.25) is 0 Å². The van der Waals surface area contributed by atoms with Crippen LogP contribution in [0.25, 0.3) is 0 Å². The van der Waals surface area contributed by atoms with Gasteiger partial charge in [-0.1, -0.05) is 89.9 Å². The van der Waals surface area contributed by atoms with Crippen LogP contribution in [0.1, 0.15) is 141 Å². The van der Waals surface area contributed by atoms with E-state index in [9.17, 15) is 0 Å². The number of hydrogen-bond donors (Lipinski definition) is 0. The zero-order chi connectivity index (χ0) is 22.1. The number of rotatable bonds is 2. The van der Waals surface area contributed by atoms with E-state index in [-0.39, 0.29) is 5.48 Å². The topological polar surface area (TPSA) is 68.4 Å². The second kappa shape index (κ2) is 19.0. The Kier molecular flexibility index (Phi) is 16.8. The van der Waals surface area contributed by atoms with Crippen molar-refractivity contribution in [2.75, 3.05) is 13.2 Å². The molecule has 4 fully saturated rings. The molecule has 2 aliphatic carbocycles. The van der Waals surface area contributed by atoms with Crippen LogP contribution >= 0.6 is 0 Å². The van der Waals surface area contributed by atoms with Gasteiger partial charge >= 0.3 is 0 Å². The van der Waals surface area contributed by atoms with E-state index in [2.05, 4.69) is 0 Å². The van der Waals surface area contributed by atoms with Gasteiger partial charge in [0.1, 0.15) is 0 Å². The Labute approximate surface area is 203 Å². The van der Waals surface area contributed by atoms with Gasteiger partial charge in [-0.25, -0.2) is 19.6 Å². The zero-order valence-corrected chi connectivity index (χ0v) is 21.4. The van der Waals surface area contributed by atoms with Crippen molar-refractivity contribution in [3.63, 3.8) is 0 Å². The van der Waals surface area contributed by atoms with Crippen LogP contribution in [0.15, 0.2) is 0 Å². The molecular formula is C28H54O5. The minimum atomic E-state index is 0. The molecule has 196 valence electrons. The molecule has 2 N–H and O–H groups in total. The first-order valence-corrected chi connectivity index (χ1v) is 14.5. The molecule has 4 rings (SSSR count). The van der Waals surface area contributed by atoms with Crippen molar-refractivity contribution in [1.82, 2.24) is 0 Å². The molecule has 5 heteroatoms. The van der Waals surface area contributed by atoms with Crippen molar-refractivity contribution in [3.8, 4) is 0 Å². The largest absolute Gasteiger partial charge is 0.412 e. The average molecular weight is 471 g/mol. The van der Waals surface area contributed by atoms with E-state index in [1.165, 1.54) is 128 Å². The fourth-order valence-corrected chi connectivity index (χ4v) is 6.08. The molecule has 2 aliphatic heterocycles. The maximum Gasteiger partial charge on any atom is 0.0958 e. The maximum atomic E-state index is 5.62. The molecule has 0 aromatic rings. The van der Waals surface area contributed by atoms with E-state index < -0.39 is 0 Å². The summed E-state index contributed by atoms with van der Waals surface area (Å²) >= 11 is 0. The van der Waals surface area contributed by atoms with E-state index in [0.29, 0.717) is 12.2 Å². The highest BCUT2D eigenvalue weighted by Gasteiger charge is 2.25. The molecule has 0 aromatic heterocycles. The van der Waals surface area contributed by atoms with Crippen LogP contribution in [0, 0.1) is 11.8 Å². The highest BCUT2D eigenvalue weighted by Crippen LogP contribution is 2.31. The highest BCUT2D eigenvalue weighted by atomic mass is 17.2. The molecule has 0 amide bonds. The summed E-state index contributed by atoms with van der Waals surface area (Å²) in [5, 5.41) is 0. The molecule has 2 atom stereocenters. The summed E-state index contributed by atoms with van der Waals surface area (Å²) in [7, 11) is 0. The molecule has 0 bridgehead atoms. The van der Waals surface area contributed by atoms with Crippen molar-refractivity contribution in [2.24, 2.45) is 11.8 Å². The first-order chi connectivity index (χ1) is 15.9. The Morgan fingerprint density at radius 2 is 0.636 bits per heavy atom. The first-order valence-electron chi connectivity index (χ1n) is 14.5. The lowest BCUT2D eigenvalue weighted by atomic mass is 9.85. The van der Waals surface area contributed by atoms with E-state index in [4.69, 9.17) is 19.6 Å². The van der Waals surface area contributed by atoms with Gasteiger partial charge in [0.2, 0.25) is 0 Å². The van der Waals surface area contributed by atoms with Crippen molar-refractivity contribution < 1.29 is 25.0 Å². The van der Waals surface area contributed by atoms with Crippen LogP contribution < -0.4 is 0 Å². The second-order valence-corrected chi connectivity index (χ2v) is 10.8. The van der Waals surface area contributed by atoms with Crippen molar-refractivity contribution in [1.29, 1.82) is 0 Å². The molecule has 0 aromatic carbocycles. The normalized spacial score (nSPS) is 30.2. The van der Waals surface area contributed by atoms with Crippen molar-refractivity contribution in [2.45, 2.75) is 153 Å². The summed E-state index contributed by atoms with van der Waals surface area (Å²) < 4.78 is 0. The van der Waals surface area contributed by atoms with E-state index in [1.807, 2.05) is 0 Å². The molecule has 2 saturated carbocycles.